The van der Waals surface area contributed by atoms with Gasteiger partial charge in [-0.15, -0.1) is 0 Å². The minimum Gasteiger partial charge on any atom is -0.491 e. The maximum atomic E-state index is 10.7. The lowest BCUT2D eigenvalue weighted by atomic mass is 9.96. The van der Waals surface area contributed by atoms with Gasteiger partial charge in [0.15, 0.2) is 0 Å². The van der Waals surface area contributed by atoms with Gasteiger partial charge in [-0.25, -0.2) is 0 Å². The molecule has 1 rings (SSSR count). The number of nitriles is 1. The topological polar surface area (TPSA) is 88.2 Å². The zero-order valence-corrected chi connectivity index (χ0v) is 13.0. The molecular weight excluding hydrogens is 294 g/mol. The molecule has 0 saturated heterocycles. The first kappa shape index (κ1) is 17.2. The third kappa shape index (κ3) is 4.88. The first-order chi connectivity index (χ1) is 9.81. The van der Waals surface area contributed by atoms with Gasteiger partial charge in [-0.3, -0.25) is 15.4 Å². The van der Waals surface area contributed by atoms with Crippen molar-refractivity contribution in [3.8, 4) is 11.8 Å². The summed E-state index contributed by atoms with van der Waals surface area (Å²) in [6.07, 6.45) is 0.234. The second kappa shape index (κ2) is 7.25. The number of hydrogen-bond acceptors (Lipinski definition) is 5. The van der Waals surface area contributed by atoms with Crippen molar-refractivity contribution in [2.45, 2.75) is 38.8 Å². The van der Waals surface area contributed by atoms with Crippen LogP contribution in [0.2, 0.25) is 5.02 Å². The maximum Gasteiger partial charge on any atom is 0.288 e. The van der Waals surface area contributed by atoms with Crippen LogP contribution in [0.3, 0.4) is 0 Å². The van der Waals surface area contributed by atoms with E-state index in [-0.39, 0.29) is 16.8 Å². The minimum atomic E-state index is -0.682. The molecular formula is C14H18ClN3O3. The Morgan fingerprint density at radius 2 is 2.29 bits per heavy atom. The van der Waals surface area contributed by atoms with Crippen LogP contribution in [0.15, 0.2) is 18.2 Å². The molecule has 1 aromatic rings. The summed E-state index contributed by atoms with van der Waals surface area (Å²) in [6, 6.07) is 6.44. The fourth-order valence-corrected chi connectivity index (χ4v) is 2.34. The van der Waals surface area contributed by atoms with Gasteiger partial charge >= 0.3 is 0 Å². The molecule has 0 aliphatic heterocycles. The lowest BCUT2D eigenvalue weighted by molar-refractivity contribution is -0.384. The van der Waals surface area contributed by atoms with Crippen LogP contribution in [0.25, 0.3) is 0 Å². The van der Waals surface area contributed by atoms with Gasteiger partial charge in [0.1, 0.15) is 16.3 Å². The Morgan fingerprint density at radius 3 is 2.76 bits per heavy atom. The van der Waals surface area contributed by atoms with Gasteiger partial charge in [-0.1, -0.05) is 18.5 Å². The lowest BCUT2D eigenvalue weighted by Crippen LogP contribution is -2.44. The summed E-state index contributed by atoms with van der Waals surface area (Å²) < 4.78 is 5.68. The van der Waals surface area contributed by atoms with E-state index in [1.807, 2.05) is 13.8 Å². The van der Waals surface area contributed by atoms with Gasteiger partial charge in [0.25, 0.3) is 5.69 Å². The Hall–Kier alpha value is -1.84. The molecule has 0 aliphatic rings. The number of rotatable bonds is 7. The highest BCUT2D eigenvalue weighted by Gasteiger charge is 2.26. The standard InChI is InChI=1S/C14H18ClN3O3/c1-4-17-14(3,9-16)8-10(2)21-11-5-6-13(18(19)20)12(15)7-11/h5-7,10,17H,4,8H2,1-3H3. The molecule has 7 heteroatoms. The largest absolute Gasteiger partial charge is 0.491 e. The molecule has 1 aromatic carbocycles. The molecule has 21 heavy (non-hydrogen) atoms. The van der Waals surface area contributed by atoms with E-state index in [2.05, 4.69) is 11.4 Å². The third-order valence-corrected chi connectivity index (χ3v) is 3.27. The lowest BCUT2D eigenvalue weighted by Gasteiger charge is -2.26. The molecule has 0 aromatic heterocycles. The number of halogens is 1. The number of nitro benzene ring substituents is 1. The van der Waals surface area contributed by atoms with Crippen LogP contribution < -0.4 is 10.1 Å². The molecule has 0 spiro atoms. The van der Waals surface area contributed by atoms with Crippen molar-refractivity contribution in [1.29, 1.82) is 5.26 Å². The molecule has 2 unspecified atom stereocenters. The quantitative estimate of drug-likeness (QED) is 0.616. The van der Waals surface area contributed by atoms with E-state index in [4.69, 9.17) is 16.3 Å². The van der Waals surface area contributed by atoms with Crippen LogP contribution >= 0.6 is 11.6 Å². The number of nitrogens with zero attached hydrogens (tertiary/aromatic N) is 2. The summed E-state index contributed by atoms with van der Waals surface area (Å²) in [5.74, 6) is 0.440. The van der Waals surface area contributed by atoms with Crippen LogP contribution in [0, 0.1) is 21.4 Å². The van der Waals surface area contributed by atoms with Crippen molar-refractivity contribution in [3.63, 3.8) is 0 Å². The maximum absolute atomic E-state index is 10.7. The van der Waals surface area contributed by atoms with Crippen molar-refractivity contribution < 1.29 is 9.66 Å². The number of hydrogen-bond donors (Lipinski definition) is 1. The van der Waals surface area contributed by atoms with Crippen molar-refractivity contribution >= 4 is 17.3 Å². The smallest absolute Gasteiger partial charge is 0.288 e. The van der Waals surface area contributed by atoms with Crippen LogP contribution in [0.4, 0.5) is 5.69 Å². The molecule has 0 amide bonds. The number of ether oxygens (including phenoxy) is 1. The summed E-state index contributed by atoms with van der Waals surface area (Å²) in [5.41, 5.74) is -0.843. The van der Waals surface area contributed by atoms with Crippen LogP contribution in [-0.2, 0) is 0 Å². The summed E-state index contributed by atoms with van der Waals surface area (Å²) in [6.45, 7) is 6.25. The summed E-state index contributed by atoms with van der Waals surface area (Å²) in [7, 11) is 0. The first-order valence-electron chi connectivity index (χ1n) is 6.58. The van der Waals surface area contributed by atoms with Crippen LogP contribution in [0.5, 0.6) is 5.75 Å². The second-order valence-corrected chi connectivity index (χ2v) is 5.38. The van der Waals surface area contributed by atoms with E-state index in [1.54, 1.807) is 6.92 Å². The summed E-state index contributed by atoms with van der Waals surface area (Å²) in [4.78, 5) is 10.1. The van der Waals surface area contributed by atoms with Crippen molar-refractivity contribution in [1.82, 2.24) is 5.32 Å². The predicted octanol–water partition coefficient (Wildman–Crippen LogP) is 3.30. The fraction of sp³-hybridized carbons (Fsp3) is 0.500. The van der Waals surface area contributed by atoms with Crippen molar-refractivity contribution in [2.75, 3.05) is 6.54 Å². The molecule has 0 radical (unpaired) electrons. The number of benzene rings is 1. The third-order valence-electron chi connectivity index (χ3n) is 2.96. The van der Waals surface area contributed by atoms with Crippen LogP contribution in [-0.4, -0.2) is 23.1 Å². The highest BCUT2D eigenvalue weighted by molar-refractivity contribution is 6.32. The van der Waals surface area contributed by atoms with Crippen molar-refractivity contribution in [3.05, 3.63) is 33.3 Å². The molecule has 0 fully saturated rings. The molecule has 0 bridgehead atoms. The highest BCUT2D eigenvalue weighted by Crippen LogP contribution is 2.29. The van der Waals surface area contributed by atoms with Gasteiger partial charge < -0.3 is 4.74 Å². The molecule has 2 atom stereocenters. The Kier molecular flexibility index (Phi) is 5.94. The monoisotopic (exact) mass is 311 g/mol. The molecule has 1 N–H and O–H groups in total. The summed E-state index contributed by atoms with van der Waals surface area (Å²) >= 11 is 5.83. The van der Waals surface area contributed by atoms with Gasteiger partial charge in [0, 0.05) is 18.6 Å². The molecule has 114 valence electrons. The second-order valence-electron chi connectivity index (χ2n) is 4.98. The first-order valence-corrected chi connectivity index (χ1v) is 6.96. The SMILES string of the molecule is CCNC(C)(C#N)CC(C)Oc1ccc([N+](=O)[O-])c(Cl)c1. The normalized spacial score (nSPS) is 14.8. The van der Waals surface area contributed by atoms with Gasteiger partial charge in [-0.2, -0.15) is 5.26 Å². The zero-order chi connectivity index (χ0) is 16.0. The Morgan fingerprint density at radius 1 is 1.62 bits per heavy atom. The molecule has 0 heterocycles. The van der Waals surface area contributed by atoms with E-state index < -0.39 is 10.5 Å². The van der Waals surface area contributed by atoms with Gasteiger partial charge in [0.05, 0.1) is 17.1 Å². The van der Waals surface area contributed by atoms with Gasteiger partial charge in [-0.05, 0) is 26.5 Å². The van der Waals surface area contributed by atoms with E-state index in [0.29, 0.717) is 18.7 Å². The van der Waals surface area contributed by atoms with E-state index in [9.17, 15) is 15.4 Å². The van der Waals surface area contributed by atoms with Crippen LogP contribution in [0.1, 0.15) is 27.2 Å². The van der Waals surface area contributed by atoms with Crippen molar-refractivity contribution in [2.24, 2.45) is 0 Å². The average Bonchev–Trinajstić information content (AvgIpc) is 2.38. The fourth-order valence-electron chi connectivity index (χ4n) is 2.11. The zero-order valence-electron chi connectivity index (χ0n) is 12.2. The molecule has 6 nitrogen and oxygen atoms in total. The Balaban J connectivity index is 2.75. The Bertz CT molecular complexity index is 559. The minimum absolute atomic E-state index is 0.0272. The molecule has 0 saturated carbocycles. The number of nitrogens with one attached hydrogen (secondary N) is 1. The molecule has 0 aliphatic carbocycles. The Labute approximate surface area is 128 Å². The van der Waals surface area contributed by atoms with E-state index in [1.165, 1.54) is 18.2 Å². The van der Waals surface area contributed by atoms with E-state index >= 15 is 0 Å². The van der Waals surface area contributed by atoms with Gasteiger partial charge in [0.2, 0.25) is 0 Å². The highest BCUT2D eigenvalue weighted by atomic mass is 35.5. The predicted molar refractivity (Wildman–Crippen MR) is 80.5 cm³/mol. The van der Waals surface area contributed by atoms with E-state index in [0.717, 1.165) is 0 Å². The number of nitro groups is 1. The average molecular weight is 312 g/mol. The summed E-state index contributed by atoms with van der Waals surface area (Å²) in [5, 5.41) is 23.0.